The Labute approximate surface area is 332 Å². The number of nitrogens with one attached hydrogen (secondary N) is 1. The first-order chi connectivity index (χ1) is 27.8. The highest BCUT2D eigenvalue weighted by atomic mass is 15.0. The number of allylic oxidation sites excluding steroid dienone is 10. The summed E-state index contributed by atoms with van der Waals surface area (Å²) in [6, 6.07) is 38.7. The first-order valence-electron chi connectivity index (χ1n) is 20.9. The highest BCUT2D eigenvalue weighted by Gasteiger charge is 2.30. The Balaban J connectivity index is 0.965. The van der Waals surface area contributed by atoms with Gasteiger partial charge in [0.15, 0.2) is 0 Å². The number of aromatic nitrogens is 1. The van der Waals surface area contributed by atoms with Crippen LogP contribution in [0.5, 0.6) is 0 Å². The molecule has 0 saturated carbocycles. The molecule has 1 N–H and O–H groups in total. The van der Waals surface area contributed by atoms with E-state index in [9.17, 15) is 0 Å². The summed E-state index contributed by atoms with van der Waals surface area (Å²) in [6.07, 6.45) is 38.5. The van der Waals surface area contributed by atoms with E-state index in [4.69, 9.17) is 0 Å². The lowest BCUT2D eigenvalue weighted by Gasteiger charge is -2.34. The third kappa shape index (κ3) is 6.77. The van der Waals surface area contributed by atoms with Crippen LogP contribution in [0.2, 0.25) is 0 Å². The van der Waals surface area contributed by atoms with Crippen molar-refractivity contribution in [3.8, 4) is 5.69 Å². The number of rotatable bonds is 8. The molecule has 5 unspecified atom stereocenters. The van der Waals surface area contributed by atoms with Gasteiger partial charge >= 0.3 is 0 Å². The van der Waals surface area contributed by atoms with Gasteiger partial charge in [-0.3, -0.25) is 0 Å². The van der Waals surface area contributed by atoms with Crippen LogP contribution in [0.1, 0.15) is 83.9 Å². The average Bonchev–Trinajstić information content (AvgIpc) is 3.62. The molecule has 1 heterocycles. The molecule has 1 aromatic heterocycles. The van der Waals surface area contributed by atoms with Crippen molar-refractivity contribution in [3.63, 3.8) is 0 Å². The van der Waals surface area contributed by atoms with Crippen LogP contribution >= 0.6 is 0 Å². The van der Waals surface area contributed by atoms with E-state index in [1.54, 1.807) is 0 Å². The van der Waals surface area contributed by atoms with Gasteiger partial charge in [-0.1, -0.05) is 176 Å². The van der Waals surface area contributed by atoms with Crippen molar-refractivity contribution in [2.24, 2.45) is 5.92 Å². The van der Waals surface area contributed by atoms with Gasteiger partial charge in [0.05, 0.1) is 5.52 Å². The van der Waals surface area contributed by atoms with E-state index < -0.39 is 0 Å². The molecule has 276 valence electrons. The molecule has 5 aliphatic rings. The molecule has 2 heteroatoms. The molecule has 0 amide bonds. The Morgan fingerprint density at radius 2 is 1.54 bits per heavy atom. The largest absolute Gasteiger partial charge is 0.313 e. The SMILES string of the molecule is C1=CC(c2cccc3c4c(n(-c5cccc(C6CC=CCC6)c5)c23)CCC=C4)CC(C2C=CC=CC2NC2C=C(c3ccccc3)C=C(c3ccccc3)C2)=C1. The van der Waals surface area contributed by atoms with Crippen LogP contribution in [0.15, 0.2) is 182 Å². The lowest BCUT2D eigenvalue weighted by atomic mass is 9.78. The standard InChI is InChI=1S/C54H50N2/c1-4-17-38(18-5-1)41-23-15-26-47(37-41)56-53-32-13-11-28-50(53)51-30-16-29-49(54(51)56)43-25-14-24-42(33-43)48-27-10-12-31-52(48)55-46-35-44(39-19-6-2-7-20-39)34-45(36-46)40-21-8-3-9-22-40/h1-4,6-12,14-16,19-31,34-35,37-38,43,46,48,52,55H,5,13,17-18,32-33,36H2. The molecule has 0 saturated heterocycles. The molecule has 10 rings (SSSR count). The van der Waals surface area contributed by atoms with Crippen LogP contribution in [0.4, 0.5) is 0 Å². The quantitative estimate of drug-likeness (QED) is 0.158. The predicted molar refractivity (Wildman–Crippen MR) is 237 cm³/mol. The van der Waals surface area contributed by atoms with Crippen LogP contribution in [0.3, 0.4) is 0 Å². The Kier molecular flexibility index (Phi) is 9.59. The molecule has 0 spiro atoms. The van der Waals surface area contributed by atoms with Gasteiger partial charge in [0.2, 0.25) is 0 Å². The van der Waals surface area contributed by atoms with Crippen LogP contribution in [-0.4, -0.2) is 16.7 Å². The minimum absolute atomic E-state index is 0.196. The lowest BCUT2D eigenvalue weighted by molar-refractivity contribution is 0.462. The molecule has 5 atom stereocenters. The zero-order chi connectivity index (χ0) is 37.3. The second-order valence-electron chi connectivity index (χ2n) is 16.2. The minimum atomic E-state index is 0.196. The normalized spacial score (nSPS) is 24.1. The number of fused-ring (bicyclic) bond motifs is 3. The first-order valence-corrected chi connectivity index (χ1v) is 20.9. The van der Waals surface area contributed by atoms with Crippen LogP contribution < -0.4 is 5.32 Å². The summed E-state index contributed by atoms with van der Waals surface area (Å²) < 4.78 is 2.64. The molecule has 56 heavy (non-hydrogen) atoms. The van der Waals surface area contributed by atoms with Crippen molar-refractivity contribution in [3.05, 3.63) is 215 Å². The number of hydrogen-bond acceptors (Lipinski definition) is 1. The number of para-hydroxylation sites is 1. The Bertz CT molecular complexity index is 2500. The van der Waals surface area contributed by atoms with Crippen LogP contribution in [0, 0.1) is 5.92 Å². The summed E-state index contributed by atoms with van der Waals surface area (Å²) in [7, 11) is 0. The van der Waals surface area contributed by atoms with Crippen molar-refractivity contribution in [1.29, 1.82) is 0 Å². The molecule has 0 aliphatic heterocycles. The van der Waals surface area contributed by atoms with E-state index in [1.165, 1.54) is 79.7 Å². The van der Waals surface area contributed by atoms with Crippen molar-refractivity contribution >= 4 is 28.1 Å². The van der Waals surface area contributed by atoms with Crippen molar-refractivity contribution in [2.45, 2.75) is 68.9 Å². The second-order valence-corrected chi connectivity index (χ2v) is 16.2. The topological polar surface area (TPSA) is 17.0 Å². The van der Waals surface area contributed by atoms with Gasteiger partial charge in [-0.15, -0.1) is 0 Å². The van der Waals surface area contributed by atoms with Crippen molar-refractivity contribution in [1.82, 2.24) is 9.88 Å². The maximum Gasteiger partial charge on any atom is 0.0575 e. The fraction of sp³-hybridized carbons (Fsp3) is 0.222. The predicted octanol–water partition coefficient (Wildman–Crippen LogP) is 13.0. The van der Waals surface area contributed by atoms with Gasteiger partial charge in [-0.05, 0) is 96.4 Å². The maximum atomic E-state index is 4.15. The average molecular weight is 727 g/mol. The van der Waals surface area contributed by atoms with E-state index >= 15 is 0 Å². The molecule has 5 aliphatic carbocycles. The van der Waals surface area contributed by atoms with Gasteiger partial charge in [-0.25, -0.2) is 0 Å². The summed E-state index contributed by atoms with van der Waals surface area (Å²) in [6.45, 7) is 0. The Morgan fingerprint density at radius 1 is 0.696 bits per heavy atom. The monoisotopic (exact) mass is 726 g/mol. The van der Waals surface area contributed by atoms with Gasteiger partial charge in [0.25, 0.3) is 0 Å². The van der Waals surface area contributed by atoms with Crippen molar-refractivity contribution < 1.29 is 0 Å². The van der Waals surface area contributed by atoms with Crippen LogP contribution in [-0.2, 0) is 6.42 Å². The van der Waals surface area contributed by atoms with Gasteiger partial charge in [0.1, 0.15) is 0 Å². The third-order valence-corrected chi connectivity index (χ3v) is 12.7. The van der Waals surface area contributed by atoms with E-state index in [-0.39, 0.29) is 23.9 Å². The van der Waals surface area contributed by atoms with E-state index in [2.05, 4.69) is 192 Å². The lowest BCUT2D eigenvalue weighted by Crippen LogP contribution is -2.42. The molecular weight excluding hydrogens is 677 g/mol. The molecule has 5 aromatic rings. The highest BCUT2D eigenvalue weighted by Crippen LogP contribution is 2.43. The maximum absolute atomic E-state index is 4.15. The summed E-state index contributed by atoms with van der Waals surface area (Å²) in [5.41, 5.74) is 15.2. The second kappa shape index (κ2) is 15.4. The fourth-order valence-corrected chi connectivity index (χ4v) is 10.0. The number of benzene rings is 4. The molecule has 4 aromatic carbocycles. The minimum Gasteiger partial charge on any atom is -0.313 e. The summed E-state index contributed by atoms with van der Waals surface area (Å²) in [5.74, 6) is 1.16. The highest BCUT2D eigenvalue weighted by molar-refractivity contribution is 5.96. The molecule has 0 radical (unpaired) electrons. The third-order valence-electron chi connectivity index (χ3n) is 12.7. The zero-order valence-electron chi connectivity index (χ0n) is 32.1. The first kappa shape index (κ1) is 34.8. The van der Waals surface area contributed by atoms with Gasteiger partial charge in [-0.2, -0.15) is 0 Å². The molecule has 2 nitrogen and oxygen atoms in total. The fourth-order valence-electron chi connectivity index (χ4n) is 10.0. The number of hydrogen-bond donors (Lipinski definition) is 1. The van der Waals surface area contributed by atoms with Crippen LogP contribution in [0.25, 0.3) is 33.8 Å². The van der Waals surface area contributed by atoms with E-state index in [0.29, 0.717) is 5.92 Å². The van der Waals surface area contributed by atoms with Gasteiger partial charge in [0, 0.05) is 46.3 Å². The smallest absolute Gasteiger partial charge is 0.0575 e. The van der Waals surface area contributed by atoms with E-state index in [1.807, 2.05) is 0 Å². The Hall–Kier alpha value is -5.70. The summed E-state index contributed by atoms with van der Waals surface area (Å²) in [5, 5.41) is 5.53. The molecule has 0 fully saturated rings. The molecular formula is C54H50N2. The Morgan fingerprint density at radius 3 is 2.39 bits per heavy atom. The zero-order valence-corrected chi connectivity index (χ0v) is 32.1. The number of nitrogens with zero attached hydrogens (tertiary/aromatic N) is 1. The van der Waals surface area contributed by atoms with E-state index in [0.717, 1.165) is 32.1 Å². The summed E-state index contributed by atoms with van der Waals surface area (Å²) in [4.78, 5) is 0. The molecule has 0 bridgehead atoms. The van der Waals surface area contributed by atoms with Crippen molar-refractivity contribution in [2.75, 3.05) is 0 Å². The van der Waals surface area contributed by atoms with Gasteiger partial charge < -0.3 is 9.88 Å². The summed E-state index contributed by atoms with van der Waals surface area (Å²) >= 11 is 0.